The number of aryl methyl sites for hydroxylation is 1. The normalized spacial score (nSPS) is 20.6. The fourth-order valence-electron chi connectivity index (χ4n) is 2.22. The topological polar surface area (TPSA) is 42.7 Å². The summed E-state index contributed by atoms with van der Waals surface area (Å²) in [5.74, 6) is 0.596. The second-order valence-corrected chi connectivity index (χ2v) is 5.41. The van der Waals surface area contributed by atoms with Gasteiger partial charge in [-0.25, -0.2) is 4.98 Å². The van der Waals surface area contributed by atoms with Crippen LogP contribution in [0.2, 0.25) is 0 Å². The van der Waals surface area contributed by atoms with E-state index in [4.69, 9.17) is 4.98 Å². The van der Waals surface area contributed by atoms with E-state index < -0.39 is 0 Å². The molecule has 0 spiro atoms. The molecule has 0 bridgehead atoms. The Morgan fingerprint density at radius 1 is 1.53 bits per heavy atom. The summed E-state index contributed by atoms with van der Waals surface area (Å²) in [7, 11) is 1.93. The summed E-state index contributed by atoms with van der Waals surface area (Å²) < 4.78 is 1.82. The highest BCUT2D eigenvalue weighted by Crippen LogP contribution is 2.29. The molecule has 3 rings (SSSR count). The molecule has 1 saturated heterocycles. The van der Waals surface area contributed by atoms with Gasteiger partial charge in [-0.05, 0) is 19.4 Å². The second kappa shape index (κ2) is 4.58. The largest absolute Gasteiger partial charge is 0.316 e. The van der Waals surface area contributed by atoms with Crippen molar-refractivity contribution in [1.82, 2.24) is 20.1 Å². The molecule has 1 aliphatic rings. The molecule has 2 aromatic heterocycles. The molecule has 1 unspecified atom stereocenters. The first-order valence-corrected chi connectivity index (χ1v) is 6.86. The van der Waals surface area contributed by atoms with Gasteiger partial charge in [0.15, 0.2) is 0 Å². The Bertz CT molecular complexity index is 496. The Balaban J connectivity index is 1.82. The van der Waals surface area contributed by atoms with Crippen molar-refractivity contribution >= 4 is 11.3 Å². The lowest BCUT2D eigenvalue weighted by atomic mass is 10.0. The molecule has 1 fully saturated rings. The third-order valence-corrected chi connectivity index (χ3v) is 4.18. The van der Waals surface area contributed by atoms with Crippen LogP contribution in [-0.4, -0.2) is 27.9 Å². The molecule has 3 heterocycles. The number of nitrogens with zero attached hydrogens (tertiary/aromatic N) is 3. The quantitative estimate of drug-likeness (QED) is 0.884. The molecule has 5 heteroatoms. The SMILES string of the molecule is Cn1cc(-c2csc(C3CCCNC3)n2)cn1. The van der Waals surface area contributed by atoms with Gasteiger partial charge in [-0.1, -0.05) is 0 Å². The highest BCUT2D eigenvalue weighted by atomic mass is 32.1. The van der Waals surface area contributed by atoms with Crippen molar-refractivity contribution in [1.29, 1.82) is 0 Å². The van der Waals surface area contributed by atoms with E-state index >= 15 is 0 Å². The predicted molar refractivity (Wildman–Crippen MR) is 69.2 cm³/mol. The van der Waals surface area contributed by atoms with Crippen molar-refractivity contribution in [3.05, 3.63) is 22.8 Å². The van der Waals surface area contributed by atoms with E-state index in [0.717, 1.165) is 24.3 Å². The van der Waals surface area contributed by atoms with Crippen LogP contribution in [0.4, 0.5) is 0 Å². The number of aromatic nitrogens is 3. The van der Waals surface area contributed by atoms with Gasteiger partial charge in [-0.15, -0.1) is 11.3 Å². The van der Waals surface area contributed by atoms with Gasteiger partial charge in [-0.3, -0.25) is 4.68 Å². The molecule has 1 atom stereocenters. The minimum Gasteiger partial charge on any atom is -0.316 e. The maximum Gasteiger partial charge on any atom is 0.0976 e. The van der Waals surface area contributed by atoms with E-state index in [0.29, 0.717) is 5.92 Å². The summed E-state index contributed by atoms with van der Waals surface area (Å²) in [5, 5.41) is 11.0. The molecule has 17 heavy (non-hydrogen) atoms. The van der Waals surface area contributed by atoms with Crippen LogP contribution in [0.25, 0.3) is 11.3 Å². The van der Waals surface area contributed by atoms with Gasteiger partial charge in [0.1, 0.15) is 0 Å². The predicted octanol–water partition coefficient (Wildman–Crippen LogP) is 2.01. The fraction of sp³-hybridized carbons (Fsp3) is 0.500. The number of piperidine rings is 1. The molecule has 0 amide bonds. The Morgan fingerprint density at radius 2 is 2.47 bits per heavy atom. The third-order valence-electron chi connectivity index (χ3n) is 3.17. The van der Waals surface area contributed by atoms with Crippen molar-refractivity contribution in [2.45, 2.75) is 18.8 Å². The second-order valence-electron chi connectivity index (χ2n) is 4.52. The van der Waals surface area contributed by atoms with Gasteiger partial charge in [0.2, 0.25) is 0 Å². The first-order valence-electron chi connectivity index (χ1n) is 5.98. The Labute approximate surface area is 105 Å². The van der Waals surface area contributed by atoms with Crippen molar-refractivity contribution in [2.24, 2.45) is 7.05 Å². The first kappa shape index (κ1) is 10.9. The Kier molecular flexibility index (Phi) is 2.94. The summed E-state index contributed by atoms with van der Waals surface area (Å²) in [6, 6.07) is 0. The van der Waals surface area contributed by atoms with Crippen LogP contribution < -0.4 is 5.32 Å². The average molecular weight is 248 g/mol. The van der Waals surface area contributed by atoms with Crippen molar-refractivity contribution in [3.63, 3.8) is 0 Å². The Morgan fingerprint density at radius 3 is 3.18 bits per heavy atom. The monoisotopic (exact) mass is 248 g/mol. The van der Waals surface area contributed by atoms with Crippen LogP contribution in [0.1, 0.15) is 23.8 Å². The minimum absolute atomic E-state index is 0.596. The van der Waals surface area contributed by atoms with Crippen molar-refractivity contribution in [2.75, 3.05) is 13.1 Å². The van der Waals surface area contributed by atoms with Crippen LogP contribution in [0, 0.1) is 0 Å². The molecule has 4 nitrogen and oxygen atoms in total. The average Bonchev–Trinajstić information content (AvgIpc) is 2.98. The lowest BCUT2D eigenvalue weighted by Crippen LogP contribution is -2.28. The molecule has 0 radical (unpaired) electrons. The van der Waals surface area contributed by atoms with E-state index in [1.807, 2.05) is 24.1 Å². The van der Waals surface area contributed by atoms with Crippen molar-refractivity contribution in [3.8, 4) is 11.3 Å². The van der Waals surface area contributed by atoms with Gasteiger partial charge < -0.3 is 5.32 Å². The number of thiazole rings is 1. The lowest BCUT2D eigenvalue weighted by Gasteiger charge is -2.20. The van der Waals surface area contributed by atoms with E-state index in [2.05, 4.69) is 15.8 Å². The standard InChI is InChI=1S/C12H16N4S/c1-16-7-10(6-14-16)11-8-17-12(15-11)9-3-2-4-13-5-9/h6-9,13H,2-5H2,1H3. The fourth-order valence-corrected chi connectivity index (χ4v) is 3.19. The Hall–Kier alpha value is -1.20. The number of hydrogen-bond donors (Lipinski definition) is 1. The number of nitrogens with one attached hydrogen (secondary N) is 1. The maximum atomic E-state index is 4.74. The van der Waals surface area contributed by atoms with Crippen LogP contribution in [-0.2, 0) is 7.05 Å². The van der Waals surface area contributed by atoms with Crippen LogP contribution in [0.15, 0.2) is 17.8 Å². The zero-order chi connectivity index (χ0) is 11.7. The van der Waals surface area contributed by atoms with E-state index in [-0.39, 0.29) is 0 Å². The molecule has 0 aromatic carbocycles. The van der Waals surface area contributed by atoms with Crippen LogP contribution in [0.5, 0.6) is 0 Å². The molecule has 2 aromatic rings. The molecule has 1 aliphatic heterocycles. The van der Waals surface area contributed by atoms with Gasteiger partial charge >= 0.3 is 0 Å². The molecular weight excluding hydrogens is 232 g/mol. The summed E-state index contributed by atoms with van der Waals surface area (Å²) >= 11 is 1.77. The van der Waals surface area contributed by atoms with Gasteiger partial charge in [0, 0.05) is 36.7 Å². The molecule has 90 valence electrons. The lowest BCUT2D eigenvalue weighted by molar-refractivity contribution is 0.460. The number of rotatable bonds is 2. The maximum absolute atomic E-state index is 4.74. The van der Waals surface area contributed by atoms with E-state index in [9.17, 15) is 0 Å². The van der Waals surface area contributed by atoms with Crippen LogP contribution in [0.3, 0.4) is 0 Å². The van der Waals surface area contributed by atoms with Gasteiger partial charge in [-0.2, -0.15) is 5.10 Å². The first-order chi connectivity index (χ1) is 8.33. The van der Waals surface area contributed by atoms with Crippen molar-refractivity contribution < 1.29 is 0 Å². The zero-order valence-corrected chi connectivity index (χ0v) is 10.7. The van der Waals surface area contributed by atoms with E-state index in [1.54, 1.807) is 11.3 Å². The van der Waals surface area contributed by atoms with Crippen LogP contribution >= 0.6 is 11.3 Å². The molecule has 0 saturated carbocycles. The minimum atomic E-state index is 0.596. The smallest absolute Gasteiger partial charge is 0.0976 e. The van der Waals surface area contributed by atoms with Gasteiger partial charge in [0.25, 0.3) is 0 Å². The molecule has 0 aliphatic carbocycles. The summed E-state index contributed by atoms with van der Waals surface area (Å²) in [4.78, 5) is 4.74. The molecule has 1 N–H and O–H groups in total. The summed E-state index contributed by atoms with van der Waals surface area (Å²) in [6.07, 6.45) is 6.40. The zero-order valence-electron chi connectivity index (χ0n) is 9.89. The highest BCUT2D eigenvalue weighted by molar-refractivity contribution is 7.10. The third kappa shape index (κ3) is 2.25. The highest BCUT2D eigenvalue weighted by Gasteiger charge is 2.18. The summed E-state index contributed by atoms with van der Waals surface area (Å²) in [5.41, 5.74) is 2.17. The number of hydrogen-bond acceptors (Lipinski definition) is 4. The van der Waals surface area contributed by atoms with Gasteiger partial charge in [0.05, 0.1) is 16.9 Å². The van der Waals surface area contributed by atoms with E-state index in [1.165, 1.54) is 17.8 Å². The molecular formula is C12H16N4S. The summed E-state index contributed by atoms with van der Waals surface area (Å²) in [6.45, 7) is 2.22.